The van der Waals surface area contributed by atoms with Crippen LogP contribution < -0.4 is 5.32 Å². The van der Waals surface area contributed by atoms with Crippen LogP contribution in [-0.4, -0.2) is 58.8 Å². The van der Waals surface area contributed by atoms with Gasteiger partial charge in [0.05, 0.1) is 5.56 Å². The zero-order chi connectivity index (χ0) is 14.8. The third kappa shape index (κ3) is 3.15. The molecule has 0 atom stereocenters. The largest absolute Gasteiger partial charge is 0.367 e. The highest BCUT2D eigenvalue weighted by Gasteiger charge is 2.27. The summed E-state index contributed by atoms with van der Waals surface area (Å²) in [6.07, 6.45) is 3.98. The number of amides is 2. The van der Waals surface area contributed by atoms with Crippen LogP contribution in [0.2, 0.25) is 0 Å². The Bertz CT molecular complexity index is 548. The first-order valence-corrected chi connectivity index (χ1v) is 7.41. The number of carbonyl (C=O) groups is 2. The Balaban J connectivity index is 1.69. The van der Waals surface area contributed by atoms with Crippen molar-refractivity contribution >= 4 is 17.6 Å². The van der Waals surface area contributed by atoms with Gasteiger partial charge in [0.1, 0.15) is 5.82 Å². The minimum atomic E-state index is -0.00514. The monoisotopic (exact) mass is 288 g/mol. The van der Waals surface area contributed by atoms with Crippen LogP contribution in [0.3, 0.4) is 0 Å². The van der Waals surface area contributed by atoms with Crippen LogP contribution in [0.15, 0.2) is 18.3 Å². The van der Waals surface area contributed by atoms with Crippen LogP contribution in [0.25, 0.3) is 0 Å². The molecule has 1 N–H and O–H groups in total. The van der Waals surface area contributed by atoms with E-state index in [2.05, 4.69) is 10.3 Å². The van der Waals surface area contributed by atoms with Gasteiger partial charge in [-0.1, -0.05) is 0 Å². The Hall–Kier alpha value is -2.11. The minimum absolute atomic E-state index is 0.00514. The van der Waals surface area contributed by atoms with Gasteiger partial charge in [-0.05, 0) is 25.0 Å². The summed E-state index contributed by atoms with van der Waals surface area (Å²) in [5.41, 5.74) is 0.626. The highest BCUT2D eigenvalue weighted by molar-refractivity contribution is 5.99. The number of nitrogens with one attached hydrogen (secondary N) is 1. The molecule has 2 heterocycles. The van der Waals surface area contributed by atoms with Gasteiger partial charge in [0.25, 0.3) is 5.91 Å². The second-order valence-corrected chi connectivity index (χ2v) is 5.62. The number of rotatable bonds is 3. The van der Waals surface area contributed by atoms with E-state index in [0.29, 0.717) is 43.6 Å². The van der Waals surface area contributed by atoms with Crippen LogP contribution in [0.1, 0.15) is 30.1 Å². The molecule has 1 saturated heterocycles. The first-order valence-electron chi connectivity index (χ1n) is 7.41. The number of nitrogens with zero attached hydrogens (tertiary/aromatic N) is 3. The fraction of sp³-hybridized carbons (Fsp3) is 0.533. The fourth-order valence-corrected chi connectivity index (χ4v) is 2.51. The lowest BCUT2D eigenvalue weighted by Gasteiger charge is -2.34. The smallest absolute Gasteiger partial charge is 0.257 e. The number of pyridine rings is 1. The molecule has 0 bridgehead atoms. The summed E-state index contributed by atoms with van der Waals surface area (Å²) in [7, 11) is 0. The van der Waals surface area contributed by atoms with Gasteiger partial charge in [-0.15, -0.1) is 0 Å². The zero-order valence-corrected chi connectivity index (χ0v) is 12.2. The predicted molar refractivity (Wildman–Crippen MR) is 79.0 cm³/mol. The Morgan fingerprint density at radius 2 is 1.86 bits per heavy atom. The lowest BCUT2D eigenvalue weighted by Crippen LogP contribution is -2.50. The van der Waals surface area contributed by atoms with Crippen LogP contribution in [-0.2, 0) is 4.79 Å². The molecule has 2 fully saturated rings. The maximum Gasteiger partial charge on any atom is 0.257 e. The van der Waals surface area contributed by atoms with Gasteiger partial charge in [0, 0.05) is 45.3 Å². The number of anilines is 1. The van der Waals surface area contributed by atoms with E-state index in [-0.39, 0.29) is 11.8 Å². The molecule has 112 valence electrons. The quantitative estimate of drug-likeness (QED) is 0.899. The lowest BCUT2D eigenvalue weighted by molar-refractivity contribution is -0.130. The topological polar surface area (TPSA) is 65.5 Å². The van der Waals surface area contributed by atoms with E-state index in [4.69, 9.17) is 0 Å². The Morgan fingerprint density at radius 3 is 2.48 bits per heavy atom. The lowest BCUT2D eigenvalue weighted by atomic mass is 10.2. The molecule has 6 heteroatoms. The van der Waals surface area contributed by atoms with Crippen molar-refractivity contribution in [1.29, 1.82) is 0 Å². The van der Waals surface area contributed by atoms with Crippen molar-refractivity contribution in [2.45, 2.75) is 25.8 Å². The molecule has 1 aliphatic carbocycles. The standard InChI is InChI=1S/C15H20N4O2/c1-11(20)18-7-9-19(10-8-18)15(21)13-3-2-6-16-14(13)17-12-4-5-12/h2-3,6,12H,4-5,7-10H2,1H3,(H,16,17). The highest BCUT2D eigenvalue weighted by Crippen LogP contribution is 2.26. The van der Waals surface area contributed by atoms with E-state index in [1.807, 2.05) is 6.07 Å². The van der Waals surface area contributed by atoms with E-state index < -0.39 is 0 Å². The fourth-order valence-electron chi connectivity index (χ4n) is 2.51. The zero-order valence-electron chi connectivity index (χ0n) is 12.2. The number of hydrogen-bond acceptors (Lipinski definition) is 4. The van der Waals surface area contributed by atoms with Crippen LogP contribution in [0.5, 0.6) is 0 Å². The average Bonchev–Trinajstić information content (AvgIpc) is 3.31. The van der Waals surface area contributed by atoms with Gasteiger partial charge in [-0.25, -0.2) is 4.98 Å². The average molecular weight is 288 g/mol. The summed E-state index contributed by atoms with van der Waals surface area (Å²) in [4.78, 5) is 31.8. The summed E-state index contributed by atoms with van der Waals surface area (Å²) in [5, 5.41) is 3.31. The summed E-state index contributed by atoms with van der Waals surface area (Å²) < 4.78 is 0. The molecule has 3 rings (SSSR count). The van der Waals surface area contributed by atoms with Crippen LogP contribution in [0.4, 0.5) is 5.82 Å². The van der Waals surface area contributed by atoms with Gasteiger partial charge in [-0.3, -0.25) is 9.59 Å². The molecule has 1 aromatic heterocycles. The van der Waals surface area contributed by atoms with E-state index in [1.165, 1.54) is 0 Å². The third-order valence-electron chi connectivity index (χ3n) is 3.97. The summed E-state index contributed by atoms with van der Waals surface area (Å²) in [6, 6.07) is 4.06. The molecule has 0 spiro atoms. The SMILES string of the molecule is CC(=O)N1CCN(C(=O)c2cccnc2NC2CC2)CC1. The third-order valence-corrected chi connectivity index (χ3v) is 3.97. The van der Waals surface area contributed by atoms with Crippen LogP contribution >= 0.6 is 0 Å². The molecule has 1 aliphatic heterocycles. The van der Waals surface area contributed by atoms with Crippen molar-refractivity contribution in [3.8, 4) is 0 Å². The van der Waals surface area contributed by atoms with Gasteiger partial charge in [0.15, 0.2) is 0 Å². The van der Waals surface area contributed by atoms with Crippen molar-refractivity contribution in [3.63, 3.8) is 0 Å². The van der Waals surface area contributed by atoms with Gasteiger partial charge in [0.2, 0.25) is 5.91 Å². The molecule has 0 radical (unpaired) electrons. The summed E-state index contributed by atoms with van der Waals surface area (Å²) >= 11 is 0. The van der Waals surface area contributed by atoms with Gasteiger partial charge in [-0.2, -0.15) is 0 Å². The minimum Gasteiger partial charge on any atom is -0.367 e. The molecule has 6 nitrogen and oxygen atoms in total. The van der Waals surface area contributed by atoms with Crippen molar-refractivity contribution in [2.24, 2.45) is 0 Å². The maximum atomic E-state index is 12.6. The molecule has 2 aliphatic rings. The second-order valence-electron chi connectivity index (χ2n) is 5.62. The summed E-state index contributed by atoms with van der Waals surface area (Å²) in [6.45, 7) is 3.93. The maximum absolute atomic E-state index is 12.6. The molecule has 1 saturated carbocycles. The van der Waals surface area contributed by atoms with Crippen molar-refractivity contribution < 1.29 is 9.59 Å². The molecule has 21 heavy (non-hydrogen) atoms. The van der Waals surface area contributed by atoms with E-state index in [1.54, 1.807) is 29.0 Å². The van der Waals surface area contributed by atoms with Crippen molar-refractivity contribution in [1.82, 2.24) is 14.8 Å². The molecule has 1 aromatic rings. The van der Waals surface area contributed by atoms with Gasteiger partial charge < -0.3 is 15.1 Å². The molecule has 0 unspecified atom stereocenters. The van der Waals surface area contributed by atoms with Crippen molar-refractivity contribution in [2.75, 3.05) is 31.5 Å². The van der Waals surface area contributed by atoms with E-state index in [0.717, 1.165) is 12.8 Å². The van der Waals surface area contributed by atoms with Crippen molar-refractivity contribution in [3.05, 3.63) is 23.9 Å². The van der Waals surface area contributed by atoms with E-state index >= 15 is 0 Å². The highest BCUT2D eigenvalue weighted by atomic mass is 16.2. The Kier molecular flexibility index (Phi) is 3.77. The predicted octanol–water partition coefficient (Wildman–Crippen LogP) is 0.960. The number of hydrogen-bond donors (Lipinski definition) is 1. The van der Waals surface area contributed by atoms with Crippen LogP contribution in [0, 0.1) is 0 Å². The Labute approximate surface area is 124 Å². The number of aromatic nitrogens is 1. The normalized spacial score (nSPS) is 18.5. The molecular formula is C15H20N4O2. The molecule has 2 amide bonds. The molecule has 0 aromatic carbocycles. The number of piperazine rings is 1. The molecular weight excluding hydrogens is 268 g/mol. The Morgan fingerprint density at radius 1 is 1.19 bits per heavy atom. The van der Waals surface area contributed by atoms with Gasteiger partial charge >= 0.3 is 0 Å². The second kappa shape index (κ2) is 5.71. The summed E-state index contributed by atoms with van der Waals surface area (Å²) in [5.74, 6) is 0.744. The number of carbonyl (C=O) groups excluding carboxylic acids is 2. The first kappa shape index (κ1) is 13.9. The first-order chi connectivity index (χ1) is 10.1. The van der Waals surface area contributed by atoms with E-state index in [9.17, 15) is 9.59 Å².